The zero-order chi connectivity index (χ0) is 43.9. The van der Waals surface area contributed by atoms with Gasteiger partial charge >= 0.3 is 0 Å². The van der Waals surface area contributed by atoms with Crippen LogP contribution in [0.25, 0.3) is 11.3 Å². The standard InChI is InChI=1S/C46H56N8O4.C6H6/c55-39(29-50-42(56)32-11-12-32)54-26-6-9-36(54)41-49-28-37(52-41)46-22-19-45(20-23-46,21-24-46)34-17-15-30(16-18-34)35-27-48-38(51-35)10-4-5-25-47-44(58)40(31-7-2-1-3-8-31)53-43(57)33-13-14-33;1-2-4-6-5-3-1/h1-3,7-8,15-18,27-28,32-33,36,40H,4-6,9-14,19-26,29H2,(H,47,58)(H,48,51)(H,49,52)(H,50,56)(H,53,57);1-6H. The topological polar surface area (TPSA) is 165 Å². The number of imidazole rings is 2. The molecule has 2 bridgehead atoms. The van der Waals surface area contributed by atoms with E-state index in [9.17, 15) is 19.2 Å². The van der Waals surface area contributed by atoms with Crippen molar-refractivity contribution in [2.24, 2.45) is 11.8 Å². The molecule has 3 heterocycles. The summed E-state index contributed by atoms with van der Waals surface area (Å²) in [4.78, 5) is 69.4. The van der Waals surface area contributed by atoms with Gasteiger partial charge in [0.05, 0.1) is 24.5 Å². The van der Waals surface area contributed by atoms with Gasteiger partial charge in [0.1, 0.15) is 17.7 Å². The molecule has 64 heavy (non-hydrogen) atoms. The van der Waals surface area contributed by atoms with Gasteiger partial charge < -0.3 is 30.8 Å². The van der Waals surface area contributed by atoms with E-state index in [4.69, 9.17) is 4.98 Å². The molecule has 5 saturated carbocycles. The first-order chi connectivity index (χ1) is 31.3. The Kier molecular flexibility index (Phi) is 13.1. The normalized spacial score (nSPS) is 22.8. The number of fused-ring (bicyclic) bond motifs is 3. The summed E-state index contributed by atoms with van der Waals surface area (Å²) in [5, 5.41) is 8.83. The zero-order valence-corrected chi connectivity index (χ0v) is 36.8. The third kappa shape index (κ3) is 10.0. The number of carbonyl (C=O) groups is 4. The highest BCUT2D eigenvalue weighted by molar-refractivity contribution is 5.90. The molecule has 6 aliphatic rings. The van der Waals surface area contributed by atoms with Gasteiger partial charge in [-0.25, -0.2) is 9.97 Å². The van der Waals surface area contributed by atoms with Crippen molar-refractivity contribution in [1.29, 1.82) is 0 Å². The van der Waals surface area contributed by atoms with Crippen molar-refractivity contribution in [3.05, 3.63) is 132 Å². The molecule has 5 aromatic rings. The first kappa shape index (κ1) is 43.2. The molecule has 3 aromatic carbocycles. The minimum Gasteiger partial charge on any atom is -0.354 e. The Morgan fingerprint density at radius 1 is 0.688 bits per heavy atom. The summed E-state index contributed by atoms with van der Waals surface area (Å²) in [6.07, 6.45) is 18.7. The van der Waals surface area contributed by atoms with Crippen molar-refractivity contribution in [2.75, 3.05) is 19.6 Å². The van der Waals surface area contributed by atoms with E-state index in [1.54, 1.807) is 0 Å². The lowest BCUT2D eigenvalue weighted by Crippen LogP contribution is -2.46. The number of amides is 4. The van der Waals surface area contributed by atoms with Crippen LogP contribution < -0.4 is 16.0 Å². The average molecular weight is 863 g/mol. The van der Waals surface area contributed by atoms with Crippen molar-refractivity contribution in [1.82, 2.24) is 40.8 Å². The van der Waals surface area contributed by atoms with Crippen LogP contribution in [0, 0.1) is 11.8 Å². The SMILES string of the molecule is O=C(NCC(=O)N1CCCC1c1ncc(C23CCC(c4ccc(-c5cnc(CCCCNC(=O)C(NC(=O)C6CC6)c6ccccc6)[nH]5)cc4)(CC2)CC3)[nH]1)C1CC1.c1ccccc1. The van der Waals surface area contributed by atoms with E-state index in [-0.39, 0.29) is 58.9 Å². The Morgan fingerprint density at radius 2 is 1.33 bits per heavy atom. The Morgan fingerprint density at radius 3 is 2.00 bits per heavy atom. The van der Waals surface area contributed by atoms with Crippen LogP contribution in [-0.4, -0.2) is 68.1 Å². The van der Waals surface area contributed by atoms with Crippen molar-refractivity contribution in [3.8, 4) is 11.3 Å². The predicted octanol–water partition coefficient (Wildman–Crippen LogP) is 7.93. The molecule has 2 aromatic heterocycles. The van der Waals surface area contributed by atoms with E-state index < -0.39 is 6.04 Å². The third-order valence-corrected chi connectivity index (χ3v) is 14.5. The van der Waals surface area contributed by atoms with E-state index >= 15 is 0 Å². The fraction of sp³-hybridized carbons (Fsp3) is 0.462. The summed E-state index contributed by atoms with van der Waals surface area (Å²) in [7, 11) is 0. The zero-order valence-electron chi connectivity index (χ0n) is 36.8. The molecule has 5 aliphatic carbocycles. The number of unbranched alkanes of at least 4 members (excludes halogenated alkanes) is 1. The summed E-state index contributed by atoms with van der Waals surface area (Å²) < 4.78 is 0. The monoisotopic (exact) mass is 862 g/mol. The maximum Gasteiger partial charge on any atom is 0.247 e. The Bertz CT molecular complexity index is 2320. The Hall–Kier alpha value is -6.04. The molecular formula is C52H62N8O4. The van der Waals surface area contributed by atoms with Crippen LogP contribution in [0.15, 0.2) is 103 Å². The maximum atomic E-state index is 13.1. The van der Waals surface area contributed by atoms with E-state index in [1.165, 1.54) is 11.3 Å². The van der Waals surface area contributed by atoms with E-state index in [0.717, 1.165) is 125 Å². The predicted molar refractivity (Wildman–Crippen MR) is 246 cm³/mol. The second-order valence-electron chi connectivity index (χ2n) is 18.8. The van der Waals surface area contributed by atoms with Crippen molar-refractivity contribution in [3.63, 3.8) is 0 Å². The van der Waals surface area contributed by atoms with Gasteiger partial charge in [0.25, 0.3) is 0 Å². The number of likely N-dealkylation sites (tertiary alicyclic amines) is 1. The van der Waals surface area contributed by atoms with Gasteiger partial charge in [-0.2, -0.15) is 0 Å². The van der Waals surface area contributed by atoms with Gasteiger partial charge in [-0.05, 0) is 112 Å². The molecule has 334 valence electrons. The number of aromatic amines is 2. The molecule has 12 heteroatoms. The molecule has 0 radical (unpaired) electrons. The maximum absolute atomic E-state index is 13.1. The van der Waals surface area contributed by atoms with E-state index in [2.05, 4.69) is 55.2 Å². The Labute approximate surface area is 376 Å². The fourth-order valence-electron chi connectivity index (χ4n) is 10.2. The van der Waals surface area contributed by atoms with Crippen LogP contribution in [0.3, 0.4) is 0 Å². The van der Waals surface area contributed by atoms with Crippen LogP contribution in [0.1, 0.15) is 130 Å². The highest BCUT2D eigenvalue weighted by atomic mass is 16.2. The van der Waals surface area contributed by atoms with Gasteiger partial charge in [0.15, 0.2) is 0 Å². The first-order valence-electron chi connectivity index (χ1n) is 23.7. The minimum absolute atomic E-state index is 0.00703. The highest BCUT2D eigenvalue weighted by Gasteiger charge is 2.51. The summed E-state index contributed by atoms with van der Waals surface area (Å²) >= 11 is 0. The molecule has 5 N–H and O–H groups in total. The summed E-state index contributed by atoms with van der Waals surface area (Å²) in [5.74, 6) is 1.73. The smallest absolute Gasteiger partial charge is 0.247 e. The molecule has 2 unspecified atom stereocenters. The van der Waals surface area contributed by atoms with Gasteiger partial charge in [0.2, 0.25) is 23.6 Å². The number of nitrogens with zero attached hydrogens (tertiary/aromatic N) is 3. The van der Waals surface area contributed by atoms with E-state index in [0.29, 0.717) is 13.1 Å². The number of nitrogens with one attached hydrogen (secondary N) is 5. The molecule has 1 aliphatic heterocycles. The Balaban J connectivity index is 0.000000799. The van der Waals surface area contributed by atoms with Gasteiger partial charge in [-0.3, -0.25) is 19.2 Å². The molecule has 1 saturated heterocycles. The molecule has 0 spiro atoms. The molecular weight excluding hydrogens is 801 g/mol. The molecule has 11 rings (SSSR count). The number of H-pyrrole nitrogens is 2. The third-order valence-electron chi connectivity index (χ3n) is 14.5. The lowest BCUT2D eigenvalue weighted by Gasteiger charge is -2.53. The average Bonchev–Trinajstić information content (AvgIpc) is 4.23. The van der Waals surface area contributed by atoms with Crippen LogP contribution in [0.5, 0.6) is 0 Å². The molecule has 12 nitrogen and oxygen atoms in total. The van der Waals surface area contributed by atoms with Crippen molar-refractivity contribution in [2.45, 2.75) is 119 Å². The number of benzene rings is 3. The fourth-order valence-corrected chi connectivity index (χ4v) is 10.2. The minimum atomic E-state index is -0.679. The highest BCUT2D eigenvalue weighted by Crippen LogP contribution is 2.58. The van der Waals surface area contributed by atoms with Gasteiger partial charge in [-0.1, -0.05) is 91.0 Å². The lowest BCUT2D eigenvalue weighted by molar-refractivity contribution is -0.134. The molecule has 6 fully saturated rings. The number of hydrogen-bond acceptors (Lipinski definition) is 6. The summed E-state index contributed by atoms with van der Waals surface area (Å²) in [6, 6.07) is 29.8. The number of aromatic nitrogens is 4. The lowest BCUT2D eigenvalue weighted by atomic mass is 9.51. The second kappa shape index (κ2) is 19.4. The van der Waals surface area contributed by atoms with Crippen molar-refractivity contribution < 1.29 is 19.2 Å². The quantitative estimate of drug-likeness (QED) is 0.0633. The molecule has 2 atom stereocenters. The van der Waals surface area contributed by atoms with Gasteiger partial charge in [0, 0.05) is 48.7 Å². The van der Waals surface area contributed by atoms with Crippen LogP contribution >= 0.6 is 0 Å². The van der Waals surface area contributed by atoms with Crippen molar-refractivity contribution >= 4 is 23.6 Å². The summed E-state index contributed by atoms with van der Waals surface area (Å²) in [5.41, 5.74) is 5.87. The number of aryl methyl sites for hydroxylation is 1. The largest absolute Gasteiger partial charge is 0.354 e. The van der Waals surface area contributed by atoms with Crippen LogP contribution in [0.2, 0.25) is 0 Å². The second-order valence-corrected chi connectivity index (χ2v) is 18.8. The number of carbonyl (C=O) groups excluding carboxylic acids is 4. The van der Waals surface area contributed by atoms with E-state index in [1.807, 2.05) is 84.0 Å². The van der Waals surface area contributed by atoms with Gasteiger partial charge in [-0.15, -0.1) is 0 Å². The van der Waals surface area contributed by atoms with Crippen LogP contribution in [-0.2, 0) is 36.4 Å². The number of hydrogen-bond donors (Lipinski definition) is 5. The first-order valence-corrected chi connectivity index (χ1v) is 23.7. The number of rotatable bonds is 16. The molecule has 4 amide bonds. The summed E-state index contributed by atoms with van der Waals surface area (Å²) in [6.45, 7) is 1.31. The van der Waals surface area contributed by atoms with Crippen LogP contribution in [0.4, 0.5) is 0 Å².